The number of aromatic nitrogens is 2. The van der Waals surface area contributed by atoms with Gasteiger partial charge in [0.2, 0.25) is 5.82 Å². The predicted octanol–water partition coefficient (Wildman–Crippen LogP) is 5.11. The molecule has 31 heavy (non-hydrogen) atoms. The van der Waals surface area contributed by atoms with Gasteiger partial charge in [-0.1, -0.05) is 29.4 Å². The first-order chi connectivity index (χ1) is 15.0. The van der Waals surface area contributed by atoms with Gasteiger partial charge >= 0.3 is 0 Å². The third kappa shape index (κ3) is 4.42. The van der Waals surface area contributed by atoms with Crippen molar-refractivity contribution in [2.24, 2.45) is 0 Å². The Morgan fingerprint density at radius 1 is 1.23 bits per heavy atom. The zero-order valence-corrected chi connectivity index (χ0v) is 19.8. The van der Waals surface area contributed by atoms with E-state index in [9.17, 15) is 0 Å². The van der Waals surface area contributed by atoms with Crippen molar-refractivity contribution >= 4 is 34.2 Å². The minimum atomic E-state index is -0.165. The summed E-state index contributed by atoms with van der Waals surface area (Å²) in [7, 11) is 1.71. The Labute approximate surface area is 191 Å². The zero-order chi connectivity index (χ0) is 22.0. The molecule has 1 N–H and O–H groups in total. The average Bonchev–Trinajstić information content (AvgIpc) is 3.44. The highest BCUT2D eigenvalue weighted by atomic mass is 32.1. The summed E-state index contributed by atoms with van der Waals surface area (Å²) >= 11 is 7.33. The van der Waals surface area contributed by atoms with Crippen LogP contribution in [0, 0.1) is 13.8 Å². The van der Waals surface area contributed by atoms with E-state index in [1.165, 1.54) is 11.1 Å². The molecule has 8 heteroatoms. The number of rotatable bonds is 7. The molecule has 0 spiro atoms. The maximum absolute atomic E-state index is 5.77. The quantitative estimate of drug-likeness (QED) is 0.393. The van der Waals surface area contributed by atoms with E-state index >= 15 is 0 Å². The second-order valence-electron chi connectivity index (χ2n) is 7.62. The van der Waals surface area contributed by atoms with Crippen molar-refractivity contribution in [3.8, 4) is 10.7 Å². The van der Waals surface area contributed by atoms with Crippen LogP contribution in [0.3, 0.4) is 0 Å². The SMILES string of the molecule is COCCCN1C(=S)NC(c2ccc(C)c(C)c2)C(c2nc(-c3cccs3)no2)=C1C. The molecule has 0 fully saturated rings. The van der Waals surface area contributed by atoms with E-state index in [0.29, 0.717) is 23.4 Å². The van der Waals surface area contributed by atoms with E-state index in [-0.39, 0.29) is 6.04 Å². The number of methoxy groups -OCH3 is 1. The first kappa shape index (κ1) is 21.7. The minimum Gasteiger partial charge on any atom is -0.385 e. The first-order valence-electron chi connectivity index (χ1n) is 10.2. The van der Waals surface area contributed by atoms with Crippen molar-refractivity contribution in [1.29, 1.82) is 0 Å². The van der Waals surface area contributed by atoms with Crippen LogP contribution in [0.25, 0.3) is 16.3 Å². The fourth-order valence-corrected chi connectivity index (χ4v) is 4.72. The molecule has 1 atom stereocenters. The van der Waals surface area contributed by atoms with Gasteiger partial charge in [0.1, 0.15) is 0 Å². The summed E-state index contributed by atoms with van der Waals surface area (Å²) < 4.78 is 11.0. The highest BCUT2D eigenvalue weighted by Gasteiger charge is 2.34. The van der Waals surface area contributed by atoms with Crippen molar-refractivity contribution in [1.82, 2.24) is 20.4 Å². The topological polar surface area (TPSA) is 63.4 Å². The Morgan fingerprint density at radius 2 is 2.06 bits per heavy atom. The molecular formula is C23H26N4O2S2. The minimum absolute atomic E-state index is 0.165. The van der Waals surface area contributed by atoms with Gasteiger partial charge in [0.05, 0.1) is 16.5 Å². The molecule has 0 saturated heterocycles. The maximum atomic E-state index is 5.77. The third-order valence-electron chi connectivity index (χ3n) is 5.59. The van der Waals surface area contributed by atoms with Gasteiger partial charge in [-0.05, 0) is 67.5 Å². The second-order valence-corrected chi connectivity index (χ2v) is 8.96. The lowest BCUT2D eigenvalue weighted by Crippen LogP contribution is -2.46. The van der Waals surface area contributed by atoms with Crippen LogP contribution in [-0.4, -0.2) is 40.4 Å². The average molecular weight is 455 g/mol. The van der Waals surface area contributed by atoms with Gasteiger partial charge in [0.25, 0.3) is 5.89 Å². The van der Waals surface area contributed by atoms with E-state index in [1.807, 2.05) is 17.5 Å². The summed E-state index contributed by atoms with van der Waals surface area (Å²) in [5, 5.41) is 10.5. The number of nitrogens with one attached hydrogen (secondary N) is 1. The molecule has 3 aromatic rings. The highest BCUT2D eigenvalue weighted by Crippen LogP contribution is 2.38. The Balaban J connectivity index is 1.78. The second kappa shape index (κ2) is 9.30. The summed E-state index contributed by atoms with van der Waals surface area (Å²) in [5.41, 5.74) is 5.57. The number of aryl methyl sites for hydroxylation is 2. The molecular weight excluding hydrogens is 428 g/mol. The molecule has 162 valence electrons. The molecule has 0 radical (unpaired) electrons. The molecule has 0 amide bonds. The summed E-state index contributed by atoms with van der Waals surface area (Å²) in [6.07, 6.45) is 0.863. The van der Waals surface area contributed by atoms with E-state index in [2.05, 4.69) is 54.3 Å². The van der Waals surface area contributed by atoms with Crippen molar-refractivity contribution < 1.29 is 9.26 Å². The van der Waals surface area contributed by atoms with E-state index in [4.69, 9.17) is 26.5 Å². The van der Waals surface area contributed by atoms with Crippen molar-refractivity contribution in [2.75, 3.05) is 20.3 Å². The monoisotopic (exact) mass is 454 g/mol. The molecule has 6 nitrogen and oxygen atoms in total. The Morgan fingerprint density at radius 3 is 2.77 bits per heavy atom. The number of benzene rings is 1. The maximum Gasteiger partial charge on any atom is 0.258 e. The van der Waals surface area contributed by atoms with Crippen molar-refractivity contribution in [3.63, 3.8) is 0 Å². The smallest absolute Gasteiger partial charge is 0.258 e. The van der Waals surface area contributed by atoms with Gasteiger partial charge in [0, 0.05) is 26.0 Å². The van der Waals surface area contributed by atoms with Crippen LogP contribution in [0.15, 0.2) is 45.9 Å². The normalized spacial score (nSPS) is 16.7. The van der Waals surface area contributed by atoms with Crippen LogP contribution in [-0.2, 0) is 4.74 Å². The Kier molecular flexibility index (Phi) is 6.50. The van der Waals surface area contributed by atoms with Crippen LogP contribution >= 0.6 is 23.6 Å². The first-order valence-corrected chi connectivity index (χ1v) is 11.5. The number of allylic oxidation sites excluding steroid dienone is 1. The van der Waals surface area contributed by atoms with Crippen LogP contribution in [0.5, 0.6) is 0 Å². The highest BCUT2D eigenvalue weighted by molar-refractivity contribution is 7.80. The van der Waals surface area contributed by atoms with Crippen molar-refractivity contribution in [3.05, 3.63) is 64.0 Å². The standard InChI is InChI=1S/C23H26N4O2S2/c1-14-8-9-17(13-15(14)2)20-19(16(3)27(23(30)24-20)10-6-11-28-4)22-25-21(26-29-22)18-7-5-12-31-18/h5,7-9,12-13,20H,6,10-11H2,1-4H3,(H,24,30). The van der Waals surface area contributed by atoms with Crippen LogP contribution in [0.4, 0.5) is 0 Å². The molecule has 1 unspecified atom stereocenters. The van der Waals surface area contributed by atoms with Gasteiger partial charge in [0.15, 0.2) is 5.11 Å². The lowest BCUT2D eigenvalue weighted by Gasteiger charge is -2.37. The molecule has 1 aromatic carbocycles. The fraction of sp³-hybridized carbons (Fsp3) is 0.348. The number of hydrogen-bond donors (Lipinski definition) is 1. The lowest BCUT2D eigenvalue weighted by molar-refractivity contribution is 0.188. The molecule has 4 rings (SSSR count). The predicted molar refractivity (Wildman–Crippen MR) is 128 cm³/mol. The van der Waals surface area contributed by atoms with Gasteiger partial charge in [-0.2, -0.15) is 4.98 Å². The Hall–Kier alpha value is -2.55. The number of thiophene rings is 1. The molecule has 0 aliphatic carbocycles. The van der Waals surface area contributed by atoms with Crippen LogP contribution in [0.2, 0.25) is 0 Å². The third-order valence-corrected chi connectivity index (χ3v) is 6.79. The molecule has 1 aliphatic heterocycles. The Bertz CT molecular complexity index is 1100. The number of nitrogens with zero attached hydrogens (tertiary/aromatic N) is 3. The number of ether oxygens (including phenoxy) is 1. The van der Waals surface area contributed by atoms with Crippen LogP contribution < -0.4 is 5.32 Å². The van der Waals surface area contributed by atoms with Crippen molar-refractivity contribution in [2.45, 2.75) is 33.2 Å². The zero-order valence-electron chi connectivity index (χ0n) is 18.1. The van der Waals surface area contributed by atoms with Gasteiger partial charge in [-0.3, -0.25) is 0 Å². The molecule has 3 heterocycles. The van der Waals surface area contributed by atoms with Gasteiger partial charge in [-0.15, -0.1) is 11.3 Å². The van der Waals surface area contributed by atoms with Gasteiger partial charge in [-0.25, -0.2) is 0 Å². The van der Waals surface area contributed by atoms with Crippen LogP contribution in [0.1, 0.15) is 42.0 Å². The molecule has 0 bridgehead atoms. The fourth-order valence-electron chi connectivity index (χ4n) is 3.73. The van der Waals surface area contributed by atoms with E-state index in [0.717, 1.165) is 34.7 Å². The van der Waals surface area contributed by atoms with E-state index < -0.39 is 0 Å². The molecule has 2 aromatic heterocycles. The largest absolute Gasteiger partial charge is 0.385 e. The number of thiocarbonyl (C=S) groups is 1. The molecule has 1 aliphatic rings. The summed E-state index contributed by atoms with van der Waals surface area (Å²) in [4.78, 5) is 7.81. The summed E-state index contributed by atoms with van der Waals surface area (Å²) in [6.45, 7) is 7.72. The molecule has 0 saturated carbocycles. The number of hydrogen-bond acceptors (Lipinski definition) is 6. The summed E-state index contributed by atoms with van der Waals surface area (Å²) in [6, 6.07) is 10.3. The lowest BCUT2D eigenvalue weighted by atomic mass is 9.92. The van der Waals surface area contributed by atoms with Gasteiger partial charge < -0.3 is 19.5 Å². The van der Waals surface area contributed by atoms with E-state index in [1.54, 1.807) is 18.4 Å². The summed E-state index contributed by atoms with van der Waals surface area (Å²) in [5.74, 6) is 1.11.